The van der Waals surface area contributed by atoms with Crippen molar-refractivity contribution < 1.29 is 9.53 Å². The lowest BCUT2D eigenvalue weighted by Crippen LogP contribution is -2.12. The van der Waals surface area contributed by atoms with Crippen molar-refractivity contribution in [2.45, 2.75) is 52.9 Å². The van der Waals surface area contributed by atoms with Gasteiger partial charge in [-0.3, -0.25) is 0 Å². The van der Waals surface area contributed by atoms with Crippen molar-refractivity contribution in [2.75, 3.05) is 6.61 Å². The van der Waals surface area contributed by atoms with E-state index in [0.29, 0.717) is 18.4 Å². The molecule has 1 aliphatic rings. The summed E-state index contributed by atoms with van der Waals surface area (Å²) in [7, 11) is 0. The number of esters is 1. The lowest BCUT2D eigenvalue weighted by atomic mass is 9.88. The normalized spacial score (nSPS) is 18.9. The Kier molecular flexibility index (Phi) is 5.58. The van der Waals surface area contributed by atoms with Crippen LogP contribution in [0.25, 0.3) is 0 Å². The van der Waals surface area contributed by atoms with Gasteiger partial charge >= 0.3 is 5.97 Å². The smallest absolute Gasteiger partial charge is 0.333 e. The molecular formula is C14H24O2. The highest BCUT2D eigenvalue weighted by Crippen LogP contribution is 2.25. The Labute approximate surface area is 99.1 Å². The maximum atomic E-state index is 11.6. The van der Waals surface area contributed by atoms with Crippen LogP contribution in [0.4, 0.5) is 0 Å². The Morgan fingerprint density at radius 1 is 1.31 bits per heavy atom. The second-order valence-electron chi connectivity index (χ2n) is 5.24. The molecule has 1 saturated carbocycles. The first-order valence-electron chi connectivity index (χ1n) is 6.45. The van der Waals surface area contributed by atoms with Gasteiger partial charge in [0.2, 0.25) is 0 Å². The zero-order valence-corrected chi connectivity index (χ0v) is 10.8. The molecule has 2 heteroatoms. The minimum Gasteiger partial charge on any atom is -0.462 e. The summed E-state index contributed by atoms with van der Waals surface area (Å²) in [6, 6.07) is 0. The number of hydrogen-bond donors (Lipinski definition) is 0. The fourth-order valence-electron chi connectivity index (χ4n) is 2.08. The van der Waals surface area contributed by atoms with Crippen molar-refractivity contribution >= 4 is 5.97 Å². The molecular weight excluding hydrogens is 200 g/mol. The summed E-state index contributed by atoms with van der Waals surface area (Å²) in [6.45, 7) is 6.49. The highest BCUT2D eigenvalue weighted by atomic mass is 16.5. The molecule has 1 fully saturated rings. The fraction of sp³-hybridized carbons (Fsp3) is 0.786. The highest BCUT2D eigenvalue weighted by Gasteiger charge is 2.14. The van der Waals surface area contributed by atoms with Crippen LogP contribution in [0, 0.1) is 11.8 Å². The zero-order valence-electron chi connectivity index (χ0n) is 10.8. The quantitative estimate of drug-likeness (QED) is 0.537. The summed E-state index contributed by atoms with van der Waals surface area (Å²) in [5, 5.41) is 0. The summed E-state index contributed by atoms with van der Waals surface area (Å²) < 4.78 is 5.20. The summed E-state index contributed by atoms with van der Waals surface area (Å²) >= 11 is 0. The molecule has 1 rings (SSSR count). The van der Waals surface area contributed by atoms with Gasteiger partial charge < -0.3 is 4.74 Å². The maximum absolute atomic E-state index is 11.6. The summed E-state index contributed by atoms with van der Waals surface area (Å²) in [5.41, 5.74) is 0.785. The molecule has 0 amide bonds. The zero-order chi connectivity index (χ0) is 12.0. The van der Waals surface area contributed by atoms with Crippen LogP contribution in [0.1, 0.15) is 52.9 Å². The average molecular weight is 224 g/mol. The molecule has 1 aliphatic carbocycles. The molecule has 0 aromatic rings. The lowest BCUT2D eigenvalue weighted by Gasteiger charge is -2.18. The van der Waals surface area contributed by atoms with Crippen molar-refractivity contribution in [1.82, 2.24) is 0 Å². The predicted octanol–water partition coefficient (Wildman–Crippen LogP) is 3.71. The van der Waals surface area contributed by atoms with Crippen molar-refractivity contribution in [1.29, 1.82) is 0 Å². The summed E-state index contributed by atoms with van der Waals surface area (Å²) in [4.78, 5) is 11.6. The van der Waals surface area contributed by atoms with E-state index in [1.165, 1.54) is 32.1 Å². The number of carbonyl (C=O) groups is 1. The van der Waals surface area contributed by atoms with Gasteiger partial charge in [-0.05, 0) is 31.6 Å². The van der Waals surface area contributed by atoms with Gasteiger partial charge in [-0.2, -0.15) is 0 Å². The Balaban J connectivity index is 2.38. The van der Waals surface area contributed by atoms with E-state index in [-0.39, 0.29) is 5.97 Å². The van der Waals surface area contributed by atoms with E-state index < -0.39 is 0 Å². The SMILES string of the molecule is C/C(=C\C1CCCCC1)C(=O)OCC(C)C. The molecule has 0 heterocycles. The Hall–Kier alpha value is -0.790. The van der Waals surface area contributed by atoms with Gasteiger partial charge in [0.1, 0.15) is 0 Å². The third-order valence-electron chi connectivity index (χ3n) is 3.01. The minimum absolute atomic E-state index is 0.140. The van der Waals surface area contributed by atoms with E-state index in [9.17, 15) is 4.79 Å². The standard InChI is InChI=1S/C14H24O2/c1-11(2)10-16-14(15)12(3)9-13-7-5-4-6-8-13/h9,11,13H,4-8,10H2,1-3H3/b12-9+. The van der Waals surface area contributed by atoms with Gasteiger partial charge in [0.15, 0.2) is 0 Å². The maximum Gasteiger partial charge on any atom is 0.333 e. The Morgan fingerprint density at radius 2 is 1.94 bits per heavy atom. The largest absolute Gasteiger partial charge is 0.462 e. The predicted molar refractivity (Wildman–Crippen MR) is 66.1 cm³/mol. The average Bonchev–Trinajstić information content (AvgIpc) is 2.27. The Morgan fingerprint density at radius 3 is 2.50 bits per heavy atom. The van der Waals surface area contributed by atoms with Crippen LogP contribution in [-0.2, 0) is 9.53 Å². The molecule has 0 unspecified atom stereocenters. The van der Waals surface area contributed by atoms with Crippen LogP contribution in [0.2, 0.25) is 0 Å². The first kappa shape index (κ1) is 13.3. The molecule has 0 N–H and O–H groups in total. The van der Waals surface area contributed by atoms with E-state index in [0.717, 1.165) is 5.57 Å². The molecule has 92 valence electrons. The minimum atomic E-state index is -0.140. The second kappa shape index (κ2) is 6.72. The number of carbonyl (C=O) groups excluding carboxylic acids is 1. The van der Waals surface area contributed by atoms with Gasteiger partial charge in [-0.15, -0.1) is 0 Å². The molecule has 0 saturated heterocycles. The van der Waals surface area contributed by atoms with Gasteiger partial charge in [0, 0.05) is 5.57 Å². The molecule has 0 spiro atoms. The van der Waals surface area contributed by atoms with Gasteiger partial charge in [0.05, 0.1) is 6.61 Å². The molecule has 0 radical (unpaired) electrons. The van der Waals surface area contributed by atoms with E-state index >= 15 is 0 Å². The van der Waals surface area contributed by atoms with Crippen LogP contribution >= 0.6 is 0 Å². The molecule has 0 bridgehead atoms. The number of hydrogen-bond acceptors (Lipinski definition) is 2. The topological polar surface area (TPSA) is 26.3 Å². The number of rotatable bonds is 4. The van der Waals surface area contributed by atoms with Gasteiger partial charge in [-0.25, -0.2) is 4.79 Å². The van der Waals surface area contributed by atoms with Crippen molar-refractivity contribution in [3.8, 4) is 0 Å². The number of ether oxygens (including phenoxy) is 1. The van der Waals surface area contributed by atoms with Crippen LogP contribution < -0.4 is 0 Å². The lowest BCUT2D eigenvalue weighted by molar-refractivity contribution is -0.140. The summed E-state index contributed by atoms with van der Waals surface area (Å²) in [5.74, 6) is 0.867. The summed E-state index contributed by atoms with van der Waals surface area (Å²) in [6.07, 6.45) is 8.53. The van der Waals surface area contributed by atoms with E-state index in [2.05, 4.69) is 6.08 Å². The van der Waals surface area contributed by atoms with Crippen molar-refractivity contribution in [3.05, 3.63) is 11.6 Å². The first-order valence-corrected chi connectivity index (χ1v) is 6.45. The van der Waals surface area contributed by atoms with Crippen molar-refractivity contribution in [3.63, 3.8) is 0 Å². The van der Waals surface area contributed by atoms with E-state index in [1.54, 1.807) is 0 Å². The molecule has 0 aliphatic heterocycles. The van der Waals surface area contributed by atoms with Crippen LogP contribution in [0.15, 0.2) is 11.6 Å². The highest BCUT2D eigenvalue weighted by molar-refractivity contribution is 5.87. The first-order chi connectivity index (χ1) is 7.59. The molecule has 0 aromatic heterocycles. The van der Waals surface area contributed by atoms with Crippen LogP contribution in [0.5, 0.6) is 0 Å². The third kappa shape index (κ3) is 4.82. The molecule has 16 heavy (non-hydrogen) atoms. The van der Waals surface area contributed by atoms with E-state index in [4.69, 9.17) is 4.74 Å². The fourth-order valence-corrected chi connectivity index (χ4v) is 2.08. The molecule has 2 nitrogen and oxygen atoms in total. The van der Waals surface area contributed by atoms with Gasteiger partial charge in [-0.1, -0.05) is 39.2 Å². The van der Waals surface area contributed by atoms with E-state index in [1.807, 2.05) is 20.8 Å². The Bertz CT molecular complexity index is 247. The molecule has 0 aromatic carbocycles. The third-order valence-corrected chi connectivity index (χ3v) is 3.01. The van der Waals surface area contributed by atoms with Crippen molar-refractivity contribution in [2.24, 2.45) is 11.8 Å². The number of allylic oxidation sites excluding steroid dienone is 1. The monoisotopic (exact) mass is 224 g/mol. The van der Waals surface area contributed by atoms with Crippen LogP contribution in [-0.4, -0.2) is 12.6 Å². The van der Waals surface area contributed by atoms with Crippen LogP contribution in [0.3, 0.4) is 0 Å². The van der Waals surface area contributed by atoms with Gasteiger partial charge in [0.25, 0.3) is 0 Å². The second-order valence-corrected chi connectivity index (χ2v) is 5.24. The molecule has 0 atom stereocenters.